The van der Waals surface area contributed by atoms with Gasteiger partial charge in [-0.05, 0) is 47.2 Å². The van der Waals surface area contributed by atoms with E-state index in [-0.39, 0.29) is 5.82 Å². The zero-order valence-corrected chi connectivity index (χ0v) is 11.7. The fourth-order valence-corrected chi connectivity index (χ4v) is 1.53. The van der Waals surface area contributed by atoms with E-state index < -0.39 is 0 Å². The molecule has 1 aromatic rings. The van der Waals surface area contributed by atoms with Gasteiger partial charge in [-0.2, -0.15) is 0 Å². The van der Waals surface area contributed by atoms with Gasteiger partial charge in [-0.3, -0.25) is 0 Å². The maximum Gasteiger partial charge on any atom is 0.186 e. The third kappa shape index (κ3) is 4.56. The van der Waals surface area contributed by atoms with Crippen molar-refractivity contribution in [3.63, 3.8) is 0 Å². The molecule has 0 spiro atoms. The molecule has 0 unspecified atom stereocenters. The van der Waals surface area contributed by atoms with Gasteiger partial charge in [0.1, 0.15) is 6.33 Å². The summed E-state index contributed by atoms with van der Waals surface area (Å²) in [7, 11) is 2.12. The molecule has 0 amide bonds. The summed E-state index contributed by atoms with van der Waals surface area (Å²) in [5.41, 5.74) is 0.382. The summed E-state index contributed by atoms with van der Waals surface area (Å²) in [6.07, 6.45) is 3.47. The minimum Gasteiger partial charge on any atom is -0.368 e. The number of hydrogen-bond donors (Lipinski definition) is 1. The van der Waals surface area contributed by atoms with Gasteiger partial charge in [-0.15, -0.1) is 0 Å². The summed E-state index contributed by atoms with van der Waals surface area (Å²) in [5.74, 6) is -0.0449. The van der Waals surface area contributed by atoms with Crippen molar-refractivity contribution >= 4 is 5.82 Å². The lowest BCUT2D eigenvalue weighted by Crippen LogP contribution is -2.27. The molecule has 0 radical (unpaired) electrons. The molecule has 0 aliphatic rings. The Bertz CT molecular complexity index is 368. The van der Waals surface area contributed by atoms with E-state index in [1.165, 1.54) is 6.33 Å². The molecule has 18 heavy (non-hydrogen) atoms. The summed E-state index contributed by atoms with van der Waals surface area (Å²) < 4.78 is 13.5. The molecule has 1 aromatic heterocycles. The molecule has 1 heterocycles. The predicted octanol–water partition coefficient (Wildman–Crippen LogP) is 2.46. The number of halogens is 1. The van der Waals surface area contributed by atoms with Crippen LogP contribution in [-0.4, -0.2) is 41.0 Å². The van der Waals surface area contributed by atoms with Crippen LogP contribution in [0.4, 0.5) is 10.2 Å². The molecule has 0 atom stereocenters. The molecule has 0 aliphatic carbocycles. The topological polar surface area (TPSA) is 41.1 Å². The highest BCUT2D eigenvalue weighted by Crippen LogP contribution is 2.11. The van der Waals surface area contributed by atoms with Crippen LogP contribution >= 0.6 is 0 Å². The predicted molar refractivity (Wildman–Crippen MR) is 72.2 cm³/mol. The second-order valence-electron chi connectivity index (χ2n) is 4.83. The van der Waals surface area contributed by atoms with Crippen LogP contribution in [0.1, 0.15) is 32.4 Å². The first-order valence-corrected chi connectivity index (χ1v) is 6.43. The number of aromatic nitrogens is 2. The van der Waals surface area contributed by atoms with E-state index in [1.807, 2.05) is 0 Å². The lowest BCUT2D eigenvalue weighted by molar-refractivity contribution is 0.269. The maximum absolute atomic E-state index is 13.5. The average Bonchev–Trinajstić information content (AvgIpc) is 2.33. The quantitative estimate of drug-likeness (QED) is 0.759. The fraction of sp³-hybridized carbons (Fsp3) is 0.692. The number of hydrogen-bond acceptors (Lipinski definition) is 4. The lowest BCUT2D eigenvalue weighted by Gasteiger charge is -2.20. The normalized spacial score (nSPS) is 11.3. The van der Waals surface area contributed by atoms with Crippen molar-refractivity contribution in [3.05, 3.63) is 17.8 Å². The number of nitrogens with zero attached hydrogens (tertiary/aromatic N) is 3. The van der Waals surface area contributed by atoms with Gasteiger partial charge in [-0.25, -0.2) is 14.4 Å². The summed E-state index contributed by atoms with van der Waals surface area (Å²) in [6, 6.07) is 0.569. The first-order chi connectivity index (χ1) is 8.52. The third-order valence-electron chi connectivity index (χ3n) is 3.08. The van der Waals surface area contributed by atoms with Crippen LogP contribution < -0.4 is 5.32 Å². The van der Waals surface area contributed by atoms with E-state index >= 15 is 0 Å². The smallest absolute Gasteiger partial charge is 0.186 e. The van der Waals surface area contributed by atoms with Crippen LogP contribution in [0.3, 0.4) is 0 Å². The molecule has 0 aliphatic heterocycles. The number of aryl methyl sites for hydroxylation is 1. The molecule has 0 fully saturated rings. The first kappa shape index (κ1) is 14.8. The van der Waals surface area contributed by atoms with Crippen molar-refractivity contribution in [1.82, 2.24) is 14.9 Å². The first-order valence-electron chi connectivity index (χ1n) is 6.43. The van der Waals surface area contributed by atoms with Crippen molar-refractivity contribution in [3.8, 4) is 0 Å². The van der Waals surface area contributed by atoms with Crippen LogP contribution in [0.25, 0.3) is 0 Å². The Hall–Kier alpha value is -1.23. The van der Waals surface area contributed by atoms with E-state index in [0.717, 1.165) is 25.9 Å². The molecule has 0 saturated heterocycles. The molecule has 4 nitrogen and oxygen atoms in total. The van der Waals surface area contributed by atoms with Gasteiger partial charge in [0, 0.05) is 12.6 Å². The Labute approximate surface area is 109 Å². The molecule has 1 N–H and O–H groups in total. The fourth-order valence-electron chi connectivity index (χ4n) is 1.53. The van der Waals surface area contributed by atoms with Crippen molar-refractivity contribution in [2.75, 3.05) is 25.5 Å². The van der Waals surface area contributed by atoms with E-state index in [0.29, 0.717) is 17.6 Å². The second kappa shape index (κ2) is 7.26. The van der Waals surface area contributed by atoms with E-state index in [1.54, 1.807) is 6.92 Å². The highest BCUT2D eigenvalue weighted by molar-refractivity contribution is 5.36. The van der Waals surface area contributed by atoms with Crippen LogP contribution in [0.15, 0.2) is 6.33 Å². The number of rotatable bonds is 7. The van der Waals surface area contributed by atoms with Crippen molar-refractivity contribution in [2.24, 2.45) is 0 Å². The maximum atomic E-state index is 13.5. The Morgan fingerprint density at radius 2 is 2.06 bits per heavy atom. The van der Waals surface area contributed by atoms with Gasteiger partial charge in [0.2, 0.25) is 0 Å². The summed E-state index contributed by atoms with van der Waals surface area (Å²) in [5, 5.41) is 3.01. The van der Waals surface area contributed by atoms with Crippen LogP contribution in [0.5, 0.6) is 0 Å². The summed E-state index contributed by atoms with van der Waals surface area (Å²) >= 11 is 0. The molecule has 102 valence electrons. The molecular formula is C13H23FN4. The minimum atomic E-state index is -0.350. The van der Waals surface area contributed by atoms with Crippen molar-refractivity contribution in [1.29, 1.82) is 0 Å². The Balaban J connectivity index is 2.24. The monoisotopic (exact) mass is 254 g/mol. The summed E-state index contributed by atoms with van der Waals surface area (Å²) in [6.45, 7) is 7.79. The molecule has 0 bridgehead atoms. The van der Waals surface area contributed by atoms with Gasteiger partial charge in [0.25, 0.3) is 0 Å². The number of anilines is 1. The third-order valence-corrected chi connectivity index (χ3v) is 3.08. The zero-order chi connectivity index (χ0) is 13.5. The largest absolute Gasteiger partial charge is 0.368 e. The number of unbranched alkanes of at least 4 members (excludes halogenated alkanes) is 1. The van der Waals surface area contributed by atoms with Gasteiger partial charge < -0.3 is 10.2 Å². The number of nitrogens with one attached hydrogen (secondary N) is 1. The Morgan fingerprint density at radius 1 is 1.33 bits per heavy atom. The molecule has 1 rings (SSSR count). The van der Waals surface area contributed by atoms with Crippen LogP contribution in [0.2, 0.25) is 0 Å². The lowest BCUT2D eigenvalue weighted by atomic mass is 10.2. The highest BCUT2D eigenvalue weighted by Gasteiger charge is 2.06. The molecule has 0 aromatic carbocycles. The average molecular weight is 254 g/mol. The SMILES string of the molecule is Cc1ncnc(NCCCCN(C)C(C)C)c1F. The molecule has 5 heteroatoms. The molecule has 0 saturated carbocycles. The molecular weight excluding hydrogens is 231 g/mol. The van der Waals surface area contributed by atoms with Crippen molar-refractivity contribution in [2.45, 2.75) is 39.7 Å². The highest BCUT2D eigenvalue weighted by atomic mass is 19.1. The standard InChI is InChI=1S/C13H23FN4/c1-10(2)18(4)8-6-5-7-15-13-12(14)11(3)16-9-17-13/h9-10H,5-8H2,1-4H3,(H,15,16,17). The summed E-state index contributed by atoms with van der Waals surface area (Å²) in [4.78, 5) is 9.99. The van der Waals surface area contributed by atoms with Gasteiger partial charge in [0.15, 0.2) is 11.6 Å². The minimum absolute atomic E-state index is 0.305. The van der Waals surface area contributed by atoms with Crippen LogP contribution in [-0.2, 0) is 0 Å². The van der Waals surface area contributed by atoms with Gasteiger partial charge in [-0.1, -0.05) is 0 Å². The van der Waals surface area contributed by atoms with Gasteiger partial charge >= 0.3 is 0 Å². The zero-order valence-electron chi connectivity index (χ0n) is 11.7. The van der Waals surface area contributed by atoms with Crippen LogP contribution in [0, 0.1) is 12.7 Å². The van der Waals surface area contributed by atoms with E-state index in [2.05, 4.69) is 41.1 Å². The van der Waals surface area contributed by atoms with Gasteiger partial charge in [0.05, 0.1) is 5.69 Å². The van der Waals surface area contributed by atoms with E-state index in [9.17, 15) is 4.39 Å². The van der Waals surface area contributed by atoms with Crippen molar-refractivity contribution < 1.29 is 4.39 Å². The Morgan fingerprint density at radius 3 is 2.72 bits per heavy atom. The Kier molecular flexibility index (Phi) is 5.98. The van der Waals surface area contributed by atoms with E-state index in [4.69, 9.17) is 0 Å². The second-order valence-corrected chi connectivity index (χ2v) is 4.83.